The molecule has 1 aromatic heterocycles. The first-order chi connectivity index (χ1) is 14.9. The fraction of sp³-hybridized carbons (Fsp3) is 0.333. The van der Waals surface area contributed by atoms with Crippen LogP contribution in [0.5, 0.6) is 0 Å². The van der Waals surface area contributed by atoms with E-state index in [1.54, 1.807) is 40.1 Å². The maximum absolute atomic E-state index is 12.5. The first kappa shape index (κ1) is 22.4. The van der Waals surface area contributed by atoms with Crippen molar-refractivity contribution in [2.75, 3.05) is 37.2 Å². The second-order valence-electron chi connectivity index (χ2n) is 6.91. The van der Waals surface area contributed by atoms with Crippen LogP contribution < -0.4 is 5.32 Å². The molecule has 31 heavy (non-hydrogen) atoms. The van der Waals surface area contributed by atoms with Gasteiger partial charge < -0.3 is 24.6 Å². The molecular formula is C21H23N3O6S. The normalized spacial score (nSPS) is 13.7. The van der Waals surface area contributed by atoms with Gasteiger partial charge in [0, 0.05) is 43.2 Å². The Bertz CT molecular complexity index is 938. The second-order valence-corrected chi connectivity index (χ2v) is 7.96. The highest BCUT2D eigenvalue weighted by Crippen LogP contribution is 2.22. The summed E-state index contributed by atoms with van der Waals surface area (Å²) >= 11 is 1.35. The molecule has 1 aromatic carbocycles. The molecule has 3 amide bonds. The van der Waals surface area contributed by atoms with Crippen molar-refractivity contribution in [2.24, 2.45) is 0 Å². The Hall–Kier alpha value is -3.27. The van der Waals surface area contributed by atoms with Gasteiger partial charge >= 0.3 is 5.97 Å². The standard InChI is InChI=1S/C21H23N3O6S/c25-18(6-7-20(27)28)22-15-3-1-4-16(13-15)31-14-19(26)23-8-10-24(11-9-23)21(29)17-5-2-12-30-17/h1-5,12-13H,6-11,14H2,(H,22,25)(H,27,28). The predicted molar refractivity (Wildman–Crippen MR) is 114 cm³/mol. The Labute approximate surface area is 183 Å². The van der Waals surface area contributed by atoms with Crippen molar-refractivity contribution >= 4 is 41.1 Å². The average Bonchev–Trinajstić information content (AvgIpc) is 3.31. The molecule has 0 aliphatic carbocycles. The highest BCUT2D eigenvalue weighted by molar-refractivity contribution is 8.00. The van der Waals surface area contributed by atoms with E-state index in [9.17, 15) is 19.2 Å². The summed E-state index contributed by atoms with van der Waals surface area (Å²) in [6.45, 7) is 1.83. The molecule has 0 spiro atoms. The van der Waals surface area contributed by atoms with Gasteiger partial charge in [0.05, 0.1) is 18.4 Å². The van der Waals surface area contributed by atoms with Gasteiger partial charge in [0.1, 0.15) is 0 Å². The minimum absolute atomic E-state index is 0.0222. The van der Waals surface area contributed by atoms with Crippen LogP contribution in [0.2, 0.25) is 0 Å². The summed E-state index contributed by atoms with van der Waals surface area (Å²) in [5, 5.41) is 11.3. The number of carboxylic acid groups (broad SMARTS) is 1. The van der Waals surface area contributed by atoms with E-state index in [1.807, 2.05) is 6.07 Å². The fourth-order valence-electron chi connectivity index (χ4n) is 3.06. The van der Waals surface area contributed by atoms with Gasteiger partial charge in [-0.25, -0.2) is 0 Å². The zero-order chi connectivity index (χ0) is 22.2. The molecule has 2 heterocycles. The number of hydrogen-bond donors (Lipinski definition) is 2. The third kappa shape index (κ3) is 6.61. The van der Waals surface area contributed by atoms with E-state index < -0.39 is 5.97 Å². The van der Waals surface area contributed by atoms with E-state index >= 15 is 0 Å². The summed E-state index contributed by atoms with van der Waals surface area (Å²) in [6.07, 6.45) is 1.13. The molecule has 0 radical (unpaired) electrons. The lowest BCUT2D eigenvalue weighted by Gasteiger charge is -2.34. The van der Waals surface area contributed by atoms with Crippen molar-refractivity contribution in [3.05, 3.63) is 48.4 Å². The van der Waals surface area contributed by atoms with Gasteiger partial charge in [-0.05, 0) is 30.3 Å². The smallest absolute Gasteiger partial charge is 0.303 e. The van der Waals surface area contributed by atoms with Crippen LogP contribution in [-0.4, -0.2) is 70.5 Å². The molecule has 9 nitrogen and oxygen atoms in total. The first-order valence-corrected chi connectivity index (χ1v) is 10.8. The number of rotatable bonds is 8. The summed E-state index contributed by atoms with van der Waals surface area (Å²) in [5.74, 6) is -1.06. The Morgan fingerprint density at radius 2 is 1.74 bits per heavy atom. The molecule has 2 aromatic rings. The van der Waals surface area contributed by atoms with E-state index in [2.05, 4.69) is 5.32 Å². The number of piperazine rings is 1. The summed E-state index contributed by atoms with van der Waals surface area (Å²) < 4.78 is 5.14. The van der Waals surface area contributed by atoms with Gasteiger partial charge in [0.2, 0.25) is 11.8 Å². The molecule has 2 N–H and O–H groups in total. The van der Waals surface area contributed by atoms with Crippen LogP contribution in [0, 0.1) is 0 Å². The zero-order valence-electron chi connectivity index (χ0n) is 16.8. The first-order valence-electron chi connectivity index (χ1n) is 9.77. The van der Waals surface area contributed by atoms with Crippen LogP contribution in [0.1, 0.15) is 23.4 Å². The Morgan fingerprint density at radius 3 is 2.42 bits per heavy atom. The fourth-order valence-corrected chi connectivity index (χ4v) is 3.92. The highest BCUT2D eigenvalue weighted by atomic mass is 32.2. The van der Waals surface area contributed by atoms with Crippen molar-refractivity contribution in [1.29, 1.82) is 0 Å². The Balaban J connectivity index is 1.44. The second kappa shape index (κ2) is 10.7. The van der Waals surface area contributed by atoms with Crippen molar-refractivity contribution < 1.29 is 28.7 Å². The van der Waals surface area contributed by atoms with Gasteiger partial charge in [0.25, 0.3) is 5.91 Å². The lowest BCUT2D eigenvalue weighted by atomic mass is 10.2. The van der Waals surface area contributed by atoms with Gasteiger partial charge in [-0.2, -0.15) is 0 Å². The number of carboxylic acids is 1. The van der Waals surface area contributed by atoms with Crippen LogP contribution in [0.15, 0.2) is 52.0 Å². The minimum atomic E-state index is -1.02. The molecule has 0 saturated carbocycles. The number of carbonyl (C=O) groups excluding carboxylic acids is 3. The van der Waals surface area contributed by atoms with Crippen LogP contribution in [0.3, 0.4) is 0 Å². The van der Waals surface area contributed by atoms with Crippen LogP contribution in [0.4, 0.5) is 5.69 Å². The van der Waals surface area contributed by atoms with Gasteiger partial charge in [-0.1, -0.05) is 6.07 Å². The summed E-state index contributed by atoms with van der Waals surface area (Å²) in [4.78, 5) is 51.4. The third-order valence-corrected chi connectivity index (χ3v) is 5.68. The summed E-state index contributed by atoms with van der Waals surface area (Å²) in [6, 6.07) is 10.3. The van der Waals surface area contributed by atoms with Gasteiger partial charge in [-0.15, -0.1) is 11.8 Å². The number of benzene rings is 1. The minimum Gasteiger partial charge on any atom is -0.481 e. The molecule has 1 saturated heterocycles. The lowest BCUT2D eigenvalue weighted by Crippen LogP contribution is -2.51. The number of amides is 3. The number of nitrogens with zero attached hydrogens (tertiary/aromatic N) is 2. The van der Waals surface area contributed by atoms with E-state index in [1.165, 1.54) is 18.0 Å². The molecule has 1 fully saturated rings. The summed E-state index contributed by atoms with van der Waals surface area (Å²) in [5.41, 5.74) is 0.554. The molecular weight excluding hydrogens is 422 g/mol. The largest absolute Gasteiger partial charge is 0.481 e. The Kier molecular flexibility index (Phi) is 7.71. The molecule has 0 unspecified atom stereocenters. The lowest BCUT2D eigenvalue weighted by molar-refractivity contribution is -0.138. The highest BCUT2D eigenvalue weighted by Gasteiger charge is 2.26. The number of anilines is 1. The third-order valence-electron chi connectivity index (χ3n) is 4.70. The molecule has 0 bridgehead atoms. The van der Waals surface area contributed by atoms with Crippen molar-refractivity contribution in [3.63, 3.8) is 0 Å². The molecule has 1 aliphatic rings. The van der Waals surface area contributed by atoms with E-state index in [-0.39, 0.29) is 36.3 Å². The maximum Gasteiger partial charge on any atom is 0.303 e. The quantitative estimate of drug-likeness (QED) is 0.598. The number of hydrogen-bond acceptors (Lipinski definition) is 6. The number of carbonyl (C=O) groups is 4. The van der Waals surface area contributed by atoms with Gasteiger partial charge in [0.15, 0.2) is 5.76 Å². The number of nitrogens with one attached hydrogen (secondary N) is 1. The topological polar surface area (TPSA) is 120 Å². The number of aliphatic carboxylic acids is 1. The molecule has 164 valence electrons. The summed E-state index contributed by atoms with van der Waals surface area (Å²) in [7, 11) is 0. The van der Waals surface area contributed by atoms with Crippen molar-refractivity contribution in [1.82, 2.24) is 9.80 Å². The SMILES string of the molecule is O=C(O)CCC(=O)Nc1cccc(SCC(=O)N2CCN(C(=O)c3ccco3)CC2)c1. The molecule has 3 rings (SSSR count). The molecule has 1 aliphatic heterocycles. The van der Waals surface area contributed by atoms with Gasteiger partial charge in [-0.3, -0.25) is 19.2 Å². The van der Waals surface area contributed by atoms with E-state index in [4.69, 9.17) is 9.52 Å². The predicted octanol–water partition coefficient (Wildman–Crippen LogP) is 2.16. The maximum atomic E-state index is 12.5. The van der Waals surface area contributed by atoms with Crippen LogP contribution >= 0.6 is 11.8 Å². The van der Waals surface area contributed by atoms with Crippen molar-refractivity contribution in [3.8, 4) is 0 Å². The van der Waals surface area contributed by atoms with Crippen LogP contribution in [0.25, 0.3) is 0 Å². The van der Waals surface area contributed by atoms with E-state index in [0.29, 0.717) is 37.6 Å². The molecule has 10 heteroatoms. The van der Waals surface area contributed by atoms with Crippen molar-refractivity contribution in [2.45, 2.75) is 17.7 Å². The number of thioether (sulfide) groups is 1. The van der Waals surface area contributed by atoms with Crippen LogP contribution in [-0.2, 0) is 14.4 Å². The average molecular weight is 445 g/mol. The number of furan rings is 1. The molecule has 0 atom stereocenters. The Morgan fingerprint density at radius 1 is 1.00 bits per heavy atom. The zero-order valence-corrected chi connectivity index (χ0v) is 17.6. The van der Waals surface area contributed by atoms with E-state index in [0.717, 1.165) is 4.90 Å². The monoisotopic (exact) mass is 445 g/mol.